The maximum absolute atomic E-state index is 12.3. The van der Waals surface area contributed by atoms with Gasteiger partial charge in [-0.1, -0.05) is 6.07 Å². The Balaban J connectivity index is 2.20. The van der Waals surface area contributed by atoms with Gasteiger partial charge in [-0.25, -0.2) is 0 Å². The van der Waals surface area contributed by atoms with E-state index in [1.54, 1.807) is 26.1 Å². The number of nitrogens with two attached hydrogens (primary N) is 1. The first-order chi connectivity index (χ1) is 9.36. The second-order valence-electron chi connectivity index (χ2n) is 5.62. The zero-order valence-corrected chi connectivity index (χ0v) is 12.1. The molecule has 1 aliphatic rings. The van der Waals surface area contributed by atoms with E-state index in [0.717, 1.165) is 18.4 Å². The van der Waals surface area contributed by atoms with E-state index in [0.29, 0.717) is 11.3 Å². The molecule has 20 heavy (non-hydrogen) atoms. The fraction of sp³-hybridized carbons (Fsp3) is 0.467. The molecule has 4 N–H and O–H groups in total. The maximum Gasteiger partial charge on any atom is 0.251 e. The molecule has 5 nitrogen and oxygen atoms in total. The second kappa shape index (κ2) is 5.25. The van der Waals surface area contributed by atoms with Crippen molar-refractivity contribution in [2.75, 3.05) is 12.4 Å². The van der Waals surface area contributed by atoms with Crippen molar-refractivity contribution in [3.8, 4) is 0 Å². The van der Waals surface area contributed by atoms with Crippen LogP contribution in [0.25, 0.3) is 0 Å². The Bertz CT molecular complexity index is 548. The summed E-state index contributed by atoms with van der Waals surface area (Å²) < 4.78 is 0. The van der Waals surface area contributed by atoms with E-state index in [1.165, 1.54) is 0 Å². The van der Waals surface area contributed by atoms with Gasteiger partial charge in [0, 0.05) is 18.3 Å². The number of aryl methyl sites for hydroxylation is 1. The maximum atomic E-state index is 12.3. The Morgan fingerprint density at radius 2 is 2.00 bits per heavy atom. The molecule has 5 heteroatoms. The molecule has 0 saturated heterocycles. The van der Waals surface area contributed by atoms with Crippen LogP contribution in [0.4, 0.5) is 5.69 Å². The standard InChI is InChI=1S/C15H21N3O2/c1-9-4-5-10(13(19)17-3)8-12(9)18-14(20)15(2,16)11-6-7-11/h4-5,8,11H,6-7,16H2,1-3H3,(H,17,19)(H,18,20). The van der Waals surface area contributed by atoms with Gasteiger partial charge in [0.25, 0.3) is 5.91 Å². The molecular weight excluding hydrogens is 254 g/mol. The Morgan fingerprint density at radius 1 is 1.35 bits per heavy atom. The zero-order valence-electron chi connectivity index (χ0n) is 12.1. The first-order valence-electron chi connectivity index (χ1n) is 6.79. The molecule has 2 amide bonds. The van der Waals surface area contributed by atoms with Crippen LogP contribution in [-0.4, -0.2) is 24.4 Å². The number of amides is 2. The van der Waals surface area contributed by atoms with Crippen LogP contribution in [-0.2, 0) is 4.79 Å². The van der Waals surface area contributed by atoms with Crippen LogP contribution in [0.15, 0.2) is 18.2 Å². The molecule has 0 spiro atoms. The van der Waals surface area contributed by atoms with E-state index in [9.17, 15) is 9.59 Å². The fourth-order valence-corrected chi connectivity index (χ4v) is 2.17. The van der Waals surface area contributed by atoms with Crippen LogP contribution in [0.1, 0.15) is 35.7 Å². The lowest BCUT2D eigenvalue weighted by molar-refractivity contribution is -0.121. The van der Waals surface area contributed by atoms with Crippen molar-refractivity contribution in [3.05, 3.63) is 29.3 Å². The molecule has 1 unspecified atom stereocenters. The molecule has 0 radical (unpaired) electrons. The summed E-state index contributed by atoms with van der Waals surface area (Å²) in [6.45, 7) is 3.65. The number of rotatable bonds is 4. The van der Waals surface area contributed by atoms with Crippen LogP contribution in [0.2, 0.25) is 0 Å². The van der Waals surface area contributed by atoms with Gasteiger partial charge in [0.1, 0.15) is 0 Å². The van der Waals surface area contributed by atoms with E-state index >= 15 is 0 Å². The molecule has 1 saturated carbocycles. The molecule has 0 heterocycles. The highest BCUT2D eigenvalue weighted by atomic mass is 16.2. The van der Waals surface area contributed by atoms with Crippen molar-refractivity contribution >= 4 is 17.5 Å². The van der Waals surface area contributed by atoms with Crippen molar-refractivity contribution in [1.82, 2.24) is 5.32 Å². The second-order valence-corrected chi connectivity index (χ2v) is 5.62. The summed E-state index contributed by atoms with van der Waals surface area (Å²) in [7, 11) is 1.57. The summed E-state index contributed by atoms with van der Waals surface area (Å²) in [6.07, 6.45) is 2.00. The number of hydrogen-bond acceptors (Lipinski definition) is 3. The summed E-state index contributed by atoms with van der Waals surface area (Å²) in [6, 6.07) is 5.21. The smallest absolute Gasteiger partial charge is 0.251 e. The molecule has 1 aliphatic carbocycles. The number of anilines is 1. The molecule has 1 aromatic rings. The van der Waals surface area contributed by atoms with Crippen molar-refractivity contribution in [1.29, 1.82) is 0 Å². The van der Waals surface area contributed by atoms with Gasteiger partial charge in [0.15, 0.2) is 0 Å². The van der Waals surface area contributed by atoms with E-state index < -0.39 is 5.54 Å². The lowest BCUT2D eigenvalue weighted by Gasteiger charge is -2.23. The van der Waals surface area contributed by atoms with Crippen LogP contribution >= 0.6 is 0 Å². The average molecular weight is 275 g/mol. The molecule has 0 aliphatic heterocycles. The number of nitrogens with one attached hydrogen (secondary N) is 2. The Kier molecular flexibility index (Phi) is 3.81. The van der Waals surface area contributed by atoms with Crippen molar-refractivity contribution in [2.24, 2.45) is 11.7 Å². The van der Waals surface area contributed by atoms with Gasteiger partial charge in [-0.15, -0.1) is 0 Å². The molecule has 0 aromatic heterocycles. The van der Waals surface area contributed by atoms with Gasteiger partial charge in [0.05, 0.1) is 5.54 Å². The number of benzene rings is 1. The highest BCUT2D eigenvalue weighted by Crippen LogP contribution is 2.38. The van der Waals surface area contributed by atoms with Gasteiger partial charge < -0.3 is 16.4 Å². The van der Waals surface area contributed by atoms with Crippen molar-refractivity contribution in [2.45, 2.75) is 32.2 Å². The largest absolute Gasteiger partial charge is 0.355 e. The monoisotopic (exact) mass is 275 g/mol. The minimum atomic E-state index is -0.852. The predicted molar refractivity (Wildman–Crippen MR) is 78.5 cm³/mol. The van der Waals surface area contributed by atoms with Crippen molar-refractivity contribution in [3.63, 3.8) is 0 Å². The number of hydrogen-bond donors (Lipinski definition) is 3. The van der Waals surface area contributed by atoms with Gasteiger partial charge >= 0.3 is 0 Å². The third-order valence-electron chi connectivity index (χ3n) is 3.89. The summed E-state index contributed by atoms with van der Waals surface area (Å²) >= 11 is 0. The lowest BCUT2D eigenvalue weighted by atomic mass is 9.96. The molecule has 0 bridgehead atoms. The van der Waals surface area contributed by atoms with E-state index in [2.05, 4.69) is 10.6 Å². The molecule has 1 fully saturated rings. The summed E-state index contributed by atoms with van der Waals surface area (Å²) in [4.78, 5) is 23.9. The quantitative estimate of drug-likeness (QED) is 0.777. The Labute approximate surface area is 118 Å². The predicted octanol–water partition coefficient (Wildman–Crippen LogP) is 1.42. The van der Waals surface area contributed by atoms with E-state index in [-0.39, 0.29) is 17.7 Å². The minimum absolute atomic E-state index is 0.182. The fourth-order valence-electron chi connectivity index (χ4n) is 2.17. The molecular formula is C15H21N3O2. The average Bonchev–Trinajstić information content (AvgIpc) is 3.24. The van der Waals surface area contributed by atoms with E-state index in [4.69, 9.17) is 5.73 Å². The Morgan fingerprint density at radius 3 is 2.55 bits per heavy atom. The highest BCUT2D eigenvalue weighted by molar-refractivity contribution is 6.01. The molecule has 2 rings (SSSR count). The van der Waals surface area contributed by atoms with Crippen LogP contribution < -0.4 is 16.4 Å². The van der Waals surface area contributed by atoms with Crippen LogP contribution in [0, 0.1) is 12.8 Å². The van der Waals surface area contributed by atoms with Gasteiger partial charge in [-0.2, -0.15) is 0 Å². The number of carbonyl (C=O) groups excluding carboxylic acids is 2. The van der Waals surface area contributed by atoms with Gasteiger partial charge in [0.2, 0.25) is 5.91 Å². The highest BCUT2D eigenvalue weighted by Gasteiger charge is 2.44. The third kappa shape index (κ3) is 2.82. The summed E-state index contributed by atoms with van der Waals surface area (Å²) in [5.74, 6) is -0.125. The SMILES string of the molecule is CNC(=O)c1ccc(C)c(NC(=O)C(C)(N)C2CC2)c1. The minimum Gasteiger partial charge on any atom is -0.355 e. The first kappa shape index (κ1) is 14.5. The lowest BCUT2D eigenvalue weighted by Crippen LogP contribution is -2.50. The summed E-state index contributed by atoms with van der Waals surface area (Å²) in [5.41, 5.74) is 7.29. The molecule has 1 aromatic carbocycles. The zero-order chi connectivity index (χ0) is 14.9. The topological polar surface area (TPSA) is 84.2 Å². The van der Waals surface area contributed by atoms with Crippen LogP contribution in [0.3, 0.4) is 0 Å². The molecule has 108 valence electrons. The summed E-state index contributed by atoms with van der Waals surface area (Å²) in [5, 5.41) is 5.41. The first-order valence-corrected chi connectivity index (χ1v) is 6.79. The van der Waals surface area contributed by atoms with Gasteiger partial charge in [-0.05, 0) is 50.3 Å². The third-order valence-corrected chi connectivity index (χ3v) is 3.89. The normalized spacial score (nSPS) is 17.2. The number of carbonyl (C=O) groups is 2. The molecule has 1 atom stereocenters. The van der Waals surface area contributed by atoms with Crippen LogP contribution in [0.5, 0.6) is 0 Å². The van der Waals surface area contributed by atoms with E-state index in [1.807, 2.05) is 13.0 Å². The van der Waals surface area contributed by atoms with Gasteiger partial charge in [-0.3, -0.25) is 9.59 Å². The Hall–Kier alpha value is -1.88. The van der Waals surface area contributed by atoms with Crippen molar-refractivity contribution < 1.29 is 9.59 Å².